The van der Waals surface area contributed by atoms with Crippen molar-refractivity contribution in [2.24, 2.45) is 0 Å². The third kappa shape index (κ3) is 2.35. The second kappa shape index (κ2) is 5.18. The number of hydrogen-bond acceptors (Lipinski definition) is 5. The van der Waals surface area contributed by atoms with E-state index in [2.05, 4.69) is 4.98 Å². The van der Waals surface area contributed by atoms with Crippen LogP contribution < -0.4 is 11.2 Å². The van der Waals surface area contributed by atoms with E-state index in [1.165, 1.54) is 10.8 Å². The Hall–Kier alpha value is -1.89. The molecule has 1 aliphatic rings. The molecule has 2 heterocycles. The number of aromatic amines is 1. The van der Waals surface area contributed by atoms with Crippen LogP contribution in [0.15, 0.2) is 15.8 Å². The Labute approximate surface area is 102 Å². The Kier molecular flexibility index (Phi) is 3.61. The molecule has 0 spiro atoms. The summed E-state index contributed by atoms with van der Waals surface area (Å²) in [6.07, 6.45) is 2.29. The molecule has 0 aromatic carbocycles. The van der Waals surface area contributed by atoms with Crippen molar-refractivity contribution in [3.05, 3.63) is 32.6 Å². The summed E-state index contributed by atoms with van der Waals surface area (Å²) < 4.78 is 11.3. The third-order valence-corrected chi connectivity index (χ3v) is 2.68. The van der Waals surface area contributed by atoms with E-state index >= 15 is 0 Å². The number of ether oxygens (including phenoxy) is 2. The molecule has 98 valence electrons. The lowest BCUT2D eigenvalue weighted by Gasteiger charge is -2.13. The van der Waals surface area contributed by atoms with Crippen LogP contribution in [0.3, 0.4) is 0 Å². The first-order valence-electron chi connectivity index (χ1n) is 5.77. The second-order valence-electron chi connectivity index (χ2n) is 3.90. The smallest absolute Gasteiger partial charge is 0.345 e. The predicted octanol–water partition coefficient (Wildman–Crippen LogP) is 0.0223. The van der Waals surface area contributed by atoms with Gasteiger partial charge in [0.1, 0.15) is 11.8 Å². The summed E-state index contributed by atoms with van der Waals surface area (Å²) in [6, 6.07) is 0. The minimum absolute atomic E-state index is 0.164. The van der Waals surface area contributed by atoms with Gasteiger partial charge in [-0.2, -0.15) is 0 Å². The molecule has 0 radical (unpaired) electrons. The maximum Gasteiger partial charge on any atom is 0.345 e. The fourth-order valence-electron chi connectivity index (χ4n) is 1.83. The molecule has 0 aliphatic carbocycles. The van der Waals surface area contributed by atoms with Crippen LogP contribution in [0.2, 0.25) is 0 Å². The maximum absolute atomic E-state index is 11.6. The summed E-state index contributed by atoms with van der Waals surface area (Å²) in [5.41, 5.74) is -1.51. The number of nitrogens with zero attached hydrogens (tertiary/aromatic N) is 1. The summed E-state index contributed by atoms with van der Waals surface area (Å²) >= 11 is 0. The molecule has 0 bridgehead atoms. The lowest BCUT2D eigenvalue weighted by atomic mass is 10.3. The van der Waals surface area contributed by atoms with Crippen molar-refractivity contribution in [1.29, 1.82) is 0 Å². The van der Waals surface area contributed by atoms with Crippen LogP contribution in [0.4, 0.5) is 0 Å². The van der Waals surface area contributed by atoms with Gasteiger partial charge in [-0.1, -0.05) is 0 Å². The van der Waals surface area contributed by atoms with E-state index in [-0.39, 0.29) is 12.2 Å². The van der Waals surface area contributed by atoms with Crippen LogP contribution in [-0.2, 0) is 9.47 Å². The Morgan fingerprint density at radius 1 is 1.61 bits per heavy atom. The van der Waals surface area contributed by atoms with Crippen LogP contribution >= 0.6 is 0 Å². The van der Waals surface area contributed by atoms with Crippen LogP contribution in [0.25, 0.3) is 0 Å². The Morgan fingerprint density at radius 2 is 2.39 bits per heavy atom. The van der Waals surface area contributed by atoms with Crippen molar-refractivity contribution in [2.45, 2.75) is 26.0 Å². The highest BCUT2D eigenvalue weighted by molar-refractivity contribution is 5.88. The number of hydrogen-bond donors (Lipinski definition) is 1. The van der Waals surface area contributed by atoms with E-state index in [9.17, 15) is 14.4 Å². The average Bonchev–Trinajstić information content (AvgIpc) is 2.82. The highest BCUT2D eigenvalue weighted by atomic mass is 16.5. The zero-order valence-corrected chi connectivity index (χ0v) is 9.97. The molecular formula is C11H14N2O5. The van der Waals surface area contributed by atoms with Gasteiger partial charge < -0.3 is 9.47 Å². The molecule has 1 aromatic rings. The minimum atomic E-state index is -0.745. The molecule has 1 saturated heterocycles. The number of nitrogens with one attached hydrogen (secondary N) is 1. The molecule has 0 amide bonds. The van der Waals surface area contributed by atoms with E-state index in [4.69, 9.17) is 9.47 Å². The van der Waals surface area contributed by atoms with Gasteiger partial charge in [0.25, 0.3) is 5.56 Å². The Morgan fingerprint density at radius 3 is 3.00 bits per heavy atom. The van der Waals surface area contributed by atoms with E-state index in [0.717, 1.165) is 6.42 Å². The van der Waals surface area contributed by atoms with Gasteiger partial charge in [-0.05, 0) is 19.8 Å². The largest absolute Gasteiger partial charge is 0.462 e. The molecule has 0 saturated carbocycles. The summed E-state index contributed by atoms with van der Waals surface area (Å²) in [6.45, 7) is 2.37. The van der Waals surface area contributed by atoms with E-state index < -0.39 is 23.4 Å². The van der Waals surface area contributed by atoms with Gasteiger partial charge in [-0.25, -0.2) is 9.59 Å². The van der Waals surface area contributed by atoms with E-state index in [0.29, 0.717) is 13.0 Å². The van der Waals surface area contributed by atoms with E-state index in [1.54, 1.807) is 6.92 Å². The zero-order valence-electron chi connectivity index (χ0n) is 9.97. The van der Waals surface area contributed by atoms with Gasteiger partial charge in [0.05, 0.1) is 6.61 Å². The van der Waals surface area contributed by atoms with Gasteiger partial charge >= 0.3 is 11.7 Å². The molecule has 1 aromatic heterocycles. The van der Waals surface area contributed by atoms with Gasteiger partial charge in [0.2, 0.25) is 0 Å². The third-order valence-electron chi connectivity index (χ3n) is 2.68. The normalized spacial score (nSPS) is 18.8. The highest BCUT2D eigenvalue weighted by Gasteiger charge is 2.22. The van der Waals surface area contributed by atoms with E-state index in [1.807, 2.05) is 0 Å². The molecule has 18 heavy (non-hydrogen) atoms. The molecule has 7 nitrogen and oxygen atoms in total. The molecule has 1 fully saturated rings. The standard InChI is InChI=1S/C11H14N2O5/c1-2-17-10(15)7-6-13(8-4-3-5-18-8)11(16)12-9(7)14/h6,8H,2-5H2,1H3,(H,12,14,16). The molecule has 1 unspecified atom stereocenters. The predicted molar refractivity (Wildman–Crippen MR) is 61.5 cm³/mol. The average molecular weight is 254 g/mol. The van der Waals surface area contributed by atoms with Crippen molar-refractivity contribution >= 4 is 5.97 Å². The lowest BCUT2D eigenvalue weighted by Crippen LogP contribution is -2.35. The van der Waals surface area contributed by atoms with Crippen molar-refractivity contribution in [3.63, 3.8) is 0 Å². The van der Waals surface area contributed by atoms with Crippen molar-refractivity contribution in [1.82, 2.24) is 9.55 Å². The number of H-pyrrole nitrogens is 1. The zero-order chi connectivity index (χ0) is 13.1. The Bertz CT molecular complexity index is 553. The van der Waals surface area contributed by atoms with Crippen molar-refractivity contribution in [3.8, 4) is 0 Å². The summed E-state index contributed by atoms with van der Waals surface area (Å²) in [5, 5.41) is 0. The first-order chi connectivity index (χ1) is 8.63. The number of carbonyl (C=O) groups excluding carboxylic acids is 1. The fraction of sp³-hybridized carbons (Fsp3) is 0.545. The lowest BCUT2D eigenvalue weighted by molar-refractivity contribution is 0.0481. The van der Waals surface area contributed by atoms with Gasteiger partial charge in [-0.3, -0.25) is 14.3 Å². The monoisotopic (exact) mass is 254 g/mol. The van der Waals surface area contributed by atoms with Crippen LogP contribution in [0, 0.1) is 0 Å². The van der Waals surface area contributed by atoms with Gasteiger partial charge in [-0.15, -0.1) is 0 Å². The van der Waals surface area contributed by atoms with Crippen molar-refractivity contribution in [2.75, 3.05) is 13.2 Å². The number of rotatable bonds is 3. The summed E-state index contributed by atoms with van der Waals surface area (Å²) in [7, 11) is 0. The molecule has 1 aliphatic heterocycles. The van der Waals surface area contributed by atoms with Crippen LogP contribution in [-0.4, -0.2) is 28.7 Å². The highest BCUT2D eigenvalue weighted by Crippen LogP contribution is 2.20. The van der Waals surface area contributed by atoms with Crippen LogP contribution in [0.5, 0.6) is 0 Å². The SMILES string of the molecule is CCOC(=O)c1cn(C2CCCO2)c(=O)[nH]c1=O. The second-order valence-corrected chi connectivity index (χ2v) is 3.90. The molecular weight excluding hydrogens is 240 g/mol. The summed E-state index contributed by atoms with van der Waals surface area (Å²) in [4.78, 5) is 36.8. The van der Waals surface area contributed by atoms with Crippen molar-refractivity contribution < 1.29 is 14.3 Å². The maximum atomic E-state index is 11.6. The molecule has 2 rings (SSSR count). The van der Waals surface area contributed by atoms with Crippen LogP contribution in [0.1, 0.15) is 36.4 Å². The molecule has 1 N–H and O–H groups in total. The quantitative estimate of drug-likeness (QED) is 0.768. The number of carbonyl (C=O) groups is 1. The molecule has 1 atom stereocenters. The van der Waals surface area contributed by atoms with Gasteiger partial charge in [0, 0.05) is 12.8 Å². The molecule has 7 heteroatoms. The van der Waals surface area contributed by atoms with Gasteiger partial charge in [0.15, 0.2) is 0 Å². The number of aromatic nitrogens is 2. The first-order valence-corrected chi connectivity index (χ1v) is 5.77. The minimum Gasteiger partial charge on any atom is -0.462 e. The summed E-state index contributed by atoms with van der Waals surface area (Å²) in [5.74, 6) is -0.745. The fourth-order valence-corrected chi connectivity index (χ4v) is 1.83. The Balaban J connectivity index is 2.42. The number of esters is 1. The topological polar surface area (TPSA) is 90.4 Å². The first kappa shape index (κ1) is 12.6.